The summed E-state index contributed by atoms with van der Waals surface area (Å²) in [6, 6.07) is 5.33. The molecule has 0 aromatic heterocycles. The number of carbonyl (C=O) groups is 2. The van der Waals surface area contributed by atoms with Gasteiger partial charge in [0.2, 0.25) is 0 Å². The van der Waals surface area contributed by atoms with Gasteiger partial charge in [-0.1, -0.05) is 44.5 Å². The van der Waals surface area contributed by atoms with E-state index >= 15 is 0 Å². The summed E-state index contributed by atoms with van der Waals surface area (Å²) < 4.78 is 32.6. The van der Waals surface area contributed by atoms with Crippen LogP contribution in [-0.4, -0.2) is 38.4 Å². The fraction of sp³-hybridized carbons (Fsp3) is 0.481. The Morgan fingerprint density at radius 1 is 1.26 bits per heavy atom. The zero-order valence-corrected chi connectivity index (χ0v) is 21.9. The molecule has 1 heterocycles. The Balaban J connectivity index is 1.97. The van der Waals surface area contributed by atoms with Crippen molar-refractivity contribution in [2.75, 3.05) is 11.4 Å². The van der Waals surface area contributed by atoms with Crippen LogP contribution in [-0.2, 0) is 29.8 Å². The lowest BCUT2D eigenvalue weighted by atomic mass is 9.69. The average molecular weight is 502 g/mol. The van der Waals surface area contributed by atoms with Gasteiger partial charge in [-0.05, 0) is 61.8 Å². The molecule has 3 rings (SSSR count). The van der Waals surface area contributed by atoms with Gasteiger partial charge in [-0.25, -0.2) is 12.7 Å². The Kier molecular flexibility index (Phi) is 7.77. The minimum absolute atomic E-state index is 0.148. The van der Waals surface area contributed by atoms with Gasteiger partial charge in [-0.2, -0.15) is 0 Å². The van der Waals surface area contributed by atoms with Gasteiger partial charge in [0.05, 0.1) is 36.0 Å². The number of Topliss-reactive ketones (excluding diaryl/α,β-unsaturated/α-hetero) is 1. The van der Waals surface area contributed by atoms with Crippen LogP contribution in [0.1, 0.15) is 64.0 Å². The fourth-order valence-corrected chi connectivity index (χ4v) is 5.97. The fourth-order valence-electron chi connectivity index (χ4n) is 4.73. The first kappa shape index (κ1) is 26.9. The maximum atomic E-state index is 13.6. The van der Waals surface area contributed by atoms with Crippen molar-refractivity contribution >= 4 is 27.4 Å². The minimum Gasteiger partial charge on any atom is -0.504 e. The zero-order valence-electron chi connectivity index (χ0n) is 21.1. The third-order valence-corrected chi connectivity index (χ3v) is 7.84. The molecule has 7 nitrogen and oxygen atoms in total. The number of amides is 1. The molecular weight excluding hydrogens is 466 g/mol. The van der Waals surface area contributed by atoms with Gasteiger partial charge in [0, 0.05) is 12.0 Å². The summed E-state index contributed by atoms with van der Waals surface area (Å²) in [6.45, 7) is 7.74. The quantitative estimate of drug-likeness (QED) is 0.337. The van der Waals surface area contributed by atoms with Gasteiger partial charge in [0.25, 0.3) is 15.9 Å². The highest BCUT2D eigenvalue weighted by Gasteiger charge is 2.55. The Hall–Kier alpha value is -2.71. The largest absolute Gasteiger partial charge is 0.504 e. The number of aryl methyl sites for hydroxylation is 1. The first-order valence-electron chi connectivity index (χ1n) is 11.8. The molecule has 35 heavy (non-hydrogen) atoms. The number of hydrogen-bond acceptors (Lipinski definition) is 6. The second kappa shape index (κ2) is 10.1. The van der Waals surface area contributed by atoms with Crippen molar-refractivity contribution in [2.24, 2.45) is 5.41 Å². The first-order valence-corrected chi connectivity index (χ1v) is 13.3. The van der Waals surface area contributed by atoms with E-state index in [4.69, 9.17) is 4.74 Å². The summed E-state index contributed by atoms with van der Waals surface area (Å²) in [5, 5.41) is 11.0. The number of benzene rings is 1. The number of rotatable bonds is 7. The monoisotopic (exact) mass is 501 g/mol. The summed E-state index contributed by atoms with van der Waals surface area (Å²) in [6.07, 6.45) is 7.02. The number of methoxy groups -OCH3 is 1. The lowest BCUT2D eigenvalue weighted by molar-refractivity contribution is -0.124. The van der Waals surface area contributed by atoms with Crippen LogP contribution in [0.2, 0.25) is 0 Å². The van der Waals surface area contributed by atoms with Gasteiger partial charge in [-0.15, -0.1) is 0 Å². The topological polar surface area (TPSA) is 101 Å². The lowest BCUT2D eigenvalue weighted by Gasteiger charge is -2.34. The van der Waals surface area contributed by atoms with E-state index in [-0.39, 0.29) is 17.6 Å². The molecule has 1 amide bonds. The number of nitrogens with zero attached hydrogens (tertiary/aromatic N) is 1. The van der Waals surface area contributed by atoms with Crippen molar-refractivity contribution in [1.82, 2.24) is 0 Å². The number of fused-ring (bicyclic) bond motifs is 2. The molecule has 1 saturated carbocycles. The van der Waals surface area contributed by atoms with Crippen molar-refractivity contribution in [3.05, 3.63) is 64.8 Å². The van der Waals surface area contributed by atoms with E-state index in [2.05, 4.69) is 0 Å². The number of aliphatic hydroxyl groups excluding tert-OH is 1. The lowest BCUT2D eigenvalue weighted by Crippen LogP contribution is -2.45. The van der Waals surface area contributed by atoms with Crippen molar-refractivity contribution in [3.63, 3.8) is 0 Å². The molecule has 1 aliphatic carbocycles. The van der Waals surface area contributed by atoms with Crippen LogP contribution in [0.25, 0.3) is 0 Å². The van der Waals surface area contributed by atoms with E-state index < -0.39 is 27.4 Å². The molecule has 190 valence electrons. The maximum absolute atomic E-state index is 13.6. The number of ether oxygens (including phenoxy) is 1. The smallest absolute Gasteiger partial charge is 0.264 e. The highest BCUT2D eigenvalue weighted by atomic mass is 32.2. The van der Waals surface area contributed by atoms with Crippen LogP contribution in [0.5, 0.6) is 0 Å². The average Bonchev–Trinajstić information content (AvgIpc) is 2.99. The molecule has 0 radical (unpaired) electrons. The highest BCUT2D eigenvalue weighted by Crippen LogP contribution is 2.51. The van der Waals surface area contributed by atoms with E-state index in [1.165, 1.54) is 31.6 Å². The molecule has 0 atom stereocenters. The predicted molar refractivity (Wildman–Crippen MR) is 136 cm³/mol. The van der Waals surface area contributed by atoms with Gasteiger partial charge < -0.3 is 9.84 Å². The number of carbonyl (C=O) groups excluding carboxylic acids is 2. The Morgan fingerprint density at radius 2 is 1.91 bits per heavy atom. The van der Waals surface area contributed by atoms with Crippen molar-refractivity contribution in [3.8, 4) is 0 Å². The molecule has 1 spiro atoms. The zero-order chi connectivity index (χ0) is 26.0. The van der Waals surface area contributed by atoms with Crippen molar-refractivity contribution in [2.45, 2.75) is 71.3 Å². The van der Waals surface area contributed by atoms with E-state index in [1.54, 1.807) is 12.1 Å². The van der Waals surface area contributed by atoms with Gasteiger partial charge in [0.1, 0.15) is 0 Å². The number of aliphatic hydroxyl groups is 1. The third kappa shape index (κ3) is 5.76. The van der Waals surface area contributed by atoms with Gasteiger partial charge >= 0.3 is 0 Å². The molecule has 8 heteroatoms. The van der Waals surface area contributed by atoms with Crippen LogP contribution in [0, 0.1) is 12.3 Å². The molecule has 0 saturated heterocycles. The van der Waals surface area contributed by atoms with E-state index in [9.17, 15) is 23.1 Å². The number of ketones is 1. The molecule has 1 aliphatic heterocycles. The summed E-state index contributed by atoms with van der Waals surface area (Å²) in [5.41, 5.74) is 1.10. The normalized spacial score (nSPS) is 23.5. The number of sulfonamides is 1. The number of anilines is 1. The first-order chi connectivity index (χ1) is 16.3. The Morgan fingerprint density at radius 3 is 2.51 bits per heavy atom. The second-order valence-corrected chi connectivity index (χ2v) is 12.3. The standard InChI is InChI=1S/C27H35NO6S/c1-19-8-9-23-22(17-19)27(13-10-21(29)11-14-27)25(31)28(23)35(32,33)16-6-7-20(12-15-34-5)24(30)18-26(2,3)4/h6-9,12,15-17,21,29H,10-11,13-14,18H2,1-5H3/b15-12+,16-6+,20-7+. The summed E-state index contributed by atoms with van der Waals surface area (Å²) in [4.78, 5) is 26.4. The molecule has 1 aromatic rings. The predicted octanol–water partition coefficient (Wildman–Crippen LogP) is 4.45. The van der Waals surface area contributed by atoms with E-state index in [0.29, 0.717) is 42.5 Å². The van der Waals surface area contributed by atoms with Crippen molar-refractivity contribution in [1.29, 1.82) is 0 Å². The molecule has 0 unspecified atom stereocenters. The van der Waals surface area contributed by atoms with Crippen LogP contribution in [0.4, 0.5) is 5.69 Å². The Labute approximate surface area is 208 Å². The molecule has 1 aromatic carbocycles. The summed E-state index contributed by atoms with van der Waals surface area (Å²) in [5.74, 6) is -0.632. The van der Waals surface area contributed by atoms with Crippen molar-refractivity contribution < 1.29 is 27.9 Å². The maximum Gasteiger partial charge on any atom is 0.264 e. The number of allylic oxidation sites excluding steroid dienone is 4. The molecular formula is C27H35NO6S. The molecule has 0 bridgehead atoms. The summed E-state index contributed by atoms with van der Waals surface area (Å²) >= 11 is 0. The third-order valence-electron chi connectivity index (χ3n) is 6.47. The van der Waals surface area contributed by atoms with E-state index in [1.807, 2.05) is 33.8 Å². The molecule has 2 aliphatic rings. The second-order valence-electron chi connectivity index (χ2n) is 10.6. The Bertz CT molecular complexity index is 1180. The minimum atomic E-state index is -4.17. The molecule has 1 fully saturated rings. The van der Waals surface area contributed by atoms with Crippen LogP contribution >= 0.6 is 0 Å². The van der Waals surface area contributed by atoms with Gasteiger partial charge in [0.15, 0.2) is 5.78 Å². The number of hydrogen-bond donors (Lipinski definition) is 1. The van der Waals surface area contributed by atoms with Crippen LogP contribution in [0.3, 0.4) is 0 Å². The highest BCUT2D eigenvalue weighted by molar-refractivity contribution is 7.96. The van der Waals surface area contributed by atoms with Gasteiger partial charge in [-0.3, -0.25) is 9.59 Å². The summed E-state index contributed by atoms with van der Waals surface area (Å²) in [7, 11) is -2.71. The molecule has 1 N–H and O–H groups in total. The van der Waals surface area contributed by atoms with E-state index in [0.717, 1.165) is 15.3 Å². The van der Waals surface area contributed by atoms with Crippen LogP contribution in [0.15, 0.2) is 53.7 Å². The SMILES string of the molecule is CO/C=C/C(=C\C=C\S(=O)(=O)N1C(=O)C2(CCC(O)CC2)c2cc(C)ccc21)C(=O)CC(C)(C)C. The van der Waals surface area contributed by atoms with Crippen LogP contribution < -0.4 is 4.31 Å².